The Labute approximate surface area is 76.6 Å². The number of benzene rings is 1. The summed E-state index contributed by atoms with van der Waals surface area (Å²) in [6.45, 7) is 3.12. The maximum absolute atomic E-state index is 11.3. The summed E-state index contributed by atoms with van der Waals surface area (Å²) < 4.78 is 22.7. The average Bonchev–Trinajstić information content (AvgIpc) is 2.18. The van der Waals surface area contributed by atoms with Gasteiger partial charge in [-0.25, -0.2) is 8.42 Å². The summed E-state index contributed by atoms with van der Waals surface area (Å²) in [4.78, 5) is 10.9. The van der Waals surface area contributed by atoms with E-state index < -0.39 is 15.0 Å². The SMILES string of the molecule is C=CC(=O)S(=O)(=O)c1ccccc1. The zero-order valence-corrected chi connectivity index (χ0v) is 7.62. The van der Waals surface area contributed by atoms with Crippen molar-refractivity contribution in [3.8, 4) is 0 Å². The maximum atomic E-state index is 11.3. The van der Waals surface area contributed by atoms with E-state index in [0.717, 1.165) is 6.08 Å². The van der Waals surface area contributed by atoms with Crippen LogP contribution < -0.4 is 0 Å². The van der Waals surface area contributed by atoms with Crippen LogP contribution in [0.1, 0.15) is 0 Å². The summed E-state index contributed by atoms with van der Waals surface area (Å²) in [5.41, 5.74) is 0. The molecule has 0 aromatic heterocycles. The van der Waals surface area contributed by atoms with E-state index in [1.807, 2.05) is 0 Å². The van der Waals surface area contributed by atoms with E-state index in [9.17, 15) is 13.2 Å². The first-order valence-corrected chi connectivity index (χ1v) is 5.04. The molecule has 3 nitrogen and oxygen atoms in total. The maximum Gasteiger partial charge on any atom is 0.273 e. The quantitative estimate of drug-likeness (QED) is 0.667. The second-order valence-corrected chi connectivity index (χ2v) is 4.22. The molecule has 0 fully saturated rings. The lowest BCUT2D eigenvalue weighted by Crippen LogP contribution is -2.11. The van der Waals surface area contributed by atoms with Crippen LogP contribution in [-0.2, 0) is 14.6 Å². The summed E-state index contributed by atoms with van der Waals surface area (Å²) in [6.07, 6.45) is 0.794. The minimum Gasteiger partial charge on any atom is -0.276 e. The van der Waals surface area contributed by atoms with Gasteiger partial charge in [-0.3, -0.25) is 4.79 Å². The molecule has 1 aromatic rings. The Kier molecular flexibility index (Phi) is 2.63. The van der Waals surface area contributed by atoms with Gasteiger partial charge in [-0.1, -0.05) is 24.8 Å². The van der Waals surface area contributed by atoms with Crippen LogP contribution in [0.25, 0.3) is 0 Å². The molecule has 68 valence electrons. The van der Waals surface area contributed by atoms with Gasteiger partial charge in [-0.05, 0) is 18.2 Å². The van der Waals surface area contributed by atoms with E-state index in [-0.39, 0.29) is 4.90 Å². The fourth-order valence-corrected chi connectivity index (χ4v) is 1.79. The third kappa shape index (κ3) is 1.84. The van der Waals surface area contributed by atoms with Crippen molar-refractivity contribution in [3.05, 3.63) is 43.0 Å². The fourth-order valence-electron chi connectivity index (χ4n) is 0.826. The lowest BCUT2D eigenvalue weighted by molar-refractivity contribution is -0.107. The van der Waals surface area contributed by atoms with E-state index in [0.29, 0.717) is 0 Å². The number of hydrogen-bond acceptors (Lipinski definition) is 3. The number of hydrogen-bond donors (Lipinski definition) is 0. The van der Waals surface area contributed by atoms with Crippen LogP contribution in [0.5, 0.6) is 0 Å². The highest BCUT2D eigenvalue weighted by atomic mass is 32.2. The van der Waals surface area contributed by atoms with Crippen molar-refractivity contribution in [2.45, 2.75) is 4.90 Å². The lowest BCUT2D eigenvalue weighted by atomic mass is 10.4. The first kappa shape index (κ1) is 9.67. The molecule has 1 aromatic carbocycles. The van der Waals surface area contributed by atoms with Gasteiger partial charge in [0.1, 0.15) is 0 Å². The average molecular weight is 196 g/mol. The van der Waals surface area contributed by atoms with Crippen LogP contribution in [0.15, 0.2) is 47.9 Å². The van der Waals surface area contributed by atoms with E-state index in [1.54, 1.807) is 18.2 Å². The number of rotatable bonds is 2. The van der Waals surface area contributed by atoms with Gasteiger partial charge < -0.3 is 0 Å². The monoisotopic (exact) mass is 196 g/mol. The molecule has 0 spiro atoms. The van der Waals surface area contributed by atoms with E-state index in [4.69, 9.17) is 0 Å². The first-order chi connectivity index (χ1) is 6.09. The van der Waals surface area contributed by atoms with Crippen molar-refractivity contribution in [2.75, 3.05) is 0 Å². The zero-order valence-electron chi connectivity index (χ0n) is 6.80. The first-order valence-electron chi connectivity index (χ1n) is 3.55. The molecule has 0 aliphatic rings. The van der Waals surface area contributed by atoms with E-state index >= 15 is 0 Å². The van der Waals surface area contributed by atoms with Gasteiger partial charge in [0.25, 0.3) is 5.12 Å². The molecule has 0 saturated heterocycles. The molecular weight excluding hydrogens is 188 g/mol. The highest BCUT2D eigenvalue weighted by Crippen LogP contribution is 2.10. The molecule has 0 bridgehead atoms. The Morgan fingerprint density at radius 2 is 1.77 bits per heavy atom. The molecule has 0 radical (unpaired) electrons. The molecule has 4 heteroatoms. The molecule has 13 heavy (non-hydrogen) atoms. The molecular formula is C9H8O3S. The van der Waals surface area contributed by atoms with Crippen LogP contribution in [0.4, 0.5) is 0 Å². The van der Waals surface area contributed by atoms with Crippen LogP contribution in [0, 0.1) is 0 Å². The molecule has 0 heterocycles. The van der Waals surface area contributed by atoms with Crippen LogP contribution >= 0.6 is 0 Å². The molecule has 0 amide bonds. The van der Waals surface area contributed by atoms with Crippen molar-refractivity contribution in [1.82, 2.24) is 0 Å². The van der Waals surface area contributed by atoms with Crippen molar-refractivity contribution >= 4 is 15.0 Å². The Morgan fingerprint density at radius 3 is 2.23 bits per heavy atom. The number of sulfone groups is 1. The van der Waals surface area contributed by atoms with Crippen molar-refractivity contribution in [2.24, 2.45) is 0 Å². The molecule has 0 atom stereocenters. The largest absolute Gasteiger partial charge is 0.276 e. The normalized spacial score (nSPS) is 10.8. The van der Waals surface area contributed by atoms with Crippen molar-refractivity contribution < 1.29 is 13.2 Å². The summed E-state index contributed by atoms with van der Waals surface area (Å²) in [7, 11) is -3.85. The van der Waals surface area contributed by atoms with Gasteiger partial charge in [0.05, 0.1) is 4.90 Å². The Balaban J connectivity index is 3.24. The smallest absolute Gasteiger partial charge is 0.273 e. The van der Waals surface area contributed by atoms with E-state index in [1.165, 1.54) is 12.1 Å². The third-order valence-corrected chi connectivity index (χ3v) is 3.07. The summed E-state index contributed by atoms with van der Waals surface area (Å²) in [5.74, 6) is 0. The third-order valence-electron chi connectivity index (χ3n) is 1.49. The summed E-state index contributed by atoms with van der Waals surface area (Å²) in [6, 6.07) is 7.54. The van der Waals surface area contributed by atoms with Crippen LogP contribution in [0.2, 0.25) is 0 Å². The molecule has 0 aliphatic carbocycles. The van der Waals surface area contributed by atoms with Crippen LogP contribution in [0.3, 0.4) is 0 Å². The standard InChI is InChI=1S/C9H8O3S/c1-2-9(10)13(11,12)8-6-4-3-5-7-8/h2-7H,1H2. The molecule has 0 N–H and O–H groups in total. The summed E-state index contributed by atoms with van der Waals surface area (Å²) in [5, 5.41) is -0.973. The number of carbonyl (C=O) groups excluding carboxylic acids is 1. The minimum absolute atomic E-state index is 0.0000926. The minimum atomic E-state index is -3.85. The van der Waals surface area contributed by atoms with Gasteiger partial charge in [-0.2, -0.15) is 0 Å². The fraction of sp³-hybridized carbons (Fsp3) is 0. The summed E-state index contributed by atoms with van der Waals surface area (Å²) >= 11 is 0. The van der Waals surface area contributed by atoms with Crippen LogP contribution in [-0.4, -0.2) is 13.5 Å². The van der Waals surface area contributed by atoms with Gasteiger partial charge in [0.15, 0.2) is 0 Å². The second-order valence-electron chi connectivity index (χ2n) is 2.34. The highest BCUT2D eigenvalue weighted by Gasteiger charge is 2.20. The highest BCUT2D eigenvalue weighted by molar-refractivity contribution is 8.06. The second kappa shape index (κ2) is 3.53. The predicted octanol–water partition coefficient (Wildman–Crippen LogP) is 1.17. The Bertz CT molecular complexity index is 417. The van der Waals surface area contributed by atoms with Gasteiger partial charge in [0, 0.05) is 0 Å². The number of carbonyl (C=O) groups is 1. The Hall–Kier alpha value is -1.42. The Morgan fingerprint density at radius 1 is 1.23 bits per heavy atom. The van der Waals surface area contributed by atoms with Crippen molar-refractivity contribution in [1.29, 1.82) is 0 Å². The molecule has 0 unspecified atom stereocenters. The predicted molar refractivity (Wildman–Crippen MR) is 48.8 cm³/mol. The van der Waals surface area contributed by atoms with Gasteiger partial charge in [-0.15, -0.1) is 0 Å². The molecule has 0 aliphatic heterocycles. The zero-order chi connectivity index (χ0) is 9.90. The van der Waals surface area contributed by atoms with Crippen molar-refractivity contribution in [3.63, 3.8) is 0 Å². The molecule has 1 rings (SSSR count). The van der Waals surface area contributed by atoms with E-state index in [2.05, 4.69) is 6.58 Å². The van der Waals surface area contributed by atoms with Gasteiger partial charge >= 0.3 is 0 Å². The van der Waals surface area contributed by atoms with Gasteiger partial charge in [0.2, 0.25) is 9.84 Å². The lowest BCUT2D eigenvalue weighted by Gasteiger charge is -1.97. The topological polar surface area (TPSA) is 51.2 Å². The molecule has 0 saturated carbocycles.